The van der Waals surface area contributed by atoms with Gasteiger partial charge < -0.3 is 9.47 Å². The van der Waals surface area contributed by atoms with E-state index in [9.17, 15) is 9.59 Å². The van der Waals surface area contributed by atoms with Crippen LogP contribution in [-0.4, -0.2) is 11.9 Å². The number of carbonyl (C=O) groups excluding carboxylic acids is 2. The van der Waals surface area contributed by atoms with Crippen molar-refractivity contribution in [2.24, 2.45) is 0 Å². The summed E-state index contributed by atoms with van der Waals surface area (Å²) in [6.07, 6.45) is 3.76. The highest BCUT2D eigenvalue weighted by Gasteiger charge is 2.09. The van der Waals surface area contributed by atoms with E-state index in [1.54, 1.807) is 13.8 Å². The van der Waals surface area contributed by atoms with Gasteiger partial charge in [0, 0.05) is 11.1 Å². The van der Waals surface area contributed by atoms with Crippen molar-refractivity contribution in [1.82, 2.24) is 0 Å². The Morgan fingerprint density at radius 3 is 1.23 bits per heavy atom. The number of aryl methyl sites for hydroxylation is 4. The summed E-state index contributed by atoms with van der Waals surface area (Å²) in [4.78, 5) is 23.2. The molecule has 0 atom stereocenters. The predicted molar refractivity (Wildman–Crippen MR) is 161 cm³/mol. The van der Waals surface area contributed by atoms with Crippen LogP contribution in [0.4, 0.5) is 0 Å². The SMILES string of the molecule is C=C(C)C(=O)OCc1ccc(CCc2ccc(CCc3ccc(COC(=O)C(=C)C)cc3)c3ccccc23)cc1. The van der Waals surface area contributed by atoms with Crippen molar-refractivity contribution in [2.45, 2.75) is 52.7 Å². The zero-order valence-corrected chi connectivity index (χ0v) is 23.4. The molecule has 4 rings (SSSR count). The van der Waals surface area contributed by atoms with Crippen molar-refractivity contribution in [2.75, 3.05) is 0 Å². The number of ether oxygens (including phenoxy) is 2. The minimum Gasteiger partial charge on any atom is -0.457 e. The highest BCUT2D eigenvalue weighted by Crippen LogP contribution is 2.26. The van der Waals surface area contributed by atoms with Gasteiger partial charge in [0.05, 0.1) is 0 Å². The lowest BCUT2D eigenvalue weighted by Gasteiger charge is -2.12. The molecule has 0 aromatic heterocycles. The van der Waals surface area contributed by atoms with Crippen LogP contribution in [0.1, 0.15) is 47.2 Å². The third kappa shape index (κ3) is 7.79. The lowest BCUT2D eigenvalue weighted by molar-refractivity contribution is -0.141. The van der Waals surface area contributed by atoms with Crippen LogP contribution in [-0.2, 0) is 58.0 Å². The molecule has 0 heterocycles. The average Bonchev–Trinajstić information content (AvgIpc) is 2.97. The van der Waals surface area contributed by atoms with Gasteiger partial charge in [-0.2, -0.15) is 0 Å². The van der Waals surface area contributed by atoms with E-state index in [0.717, 1.165) is 36.8 Å². The molecule has 0 spiro atoms. The molecule has 0 aliphatic heterocycles. The molecule has 0 aliphatic rings. The first-order valence-electron chi connectivity index (χ1n) is 13.6. The summed E-state index contributed by atoms with van der Waals surface area (Å²) in [6, 6.07) is 29.7. The molecule has 0 amide bonds. The smallest absolute Gasteiger partial charge is 0.333 e. The quantitative estimate of drug-likeness (QED) is 0.139. The van der Waals surface area contributed by atoms with E-state index in [0.29, 0.717) is 11.1 Å². The molecule has 0 fully saturated rings. The summed E-state index contributed by atoms with van der Waals surface area (Å²) < 4.78 is 10.5. The molecule has 0 radical (unpaired) electrons. The van der Waals surface area contributed by atoms with Crippen molar-refractivity contribution in [3.05, 3.63) is 143 Å². The number of hydrogen-bond donors (Lipinski definition) is 0. The van der Waals surface area contributed by atoms with Gasteiger partial charge in [0.15, 0.2) is 0 Å². The Bertz CT molecular complexity index is 1400. The molecular weight excluding hydrogens is 496 g/mol. The molecular formula is C36H36O4. The fraction of sp³-hybridized carbons (Fsp3) is 0.222. The molecule has 4 aromatic carbocycles. The summed E-state index contributed by atoms with van der Waals surface area (Å²) in [5.41, 5.74) is 7.93. The maximum absolute atomic E-state index is 11.6. The minimum absolute atomic E-state index is 0.257. The van der Waals surface area contributed by atoms with Crippen LogP contribution in [0.3, 0.4) is 0 Å². The number of hydrogen-bond acceptors (Lipinski definition) is 4. The summed E-state index contributed by atoms with van der Waals surface area (Å²) in [5.74, 6) is -0.729. The van der Waals surface area contributed by atoms with Crippen LogP contribution in [0.2, 0.25) is 0 Å². The van der Waals surface area contributed by atoms with E-state index in [-0.39, 0.29) is 25.2 Å². The summed E-state index contributed by atoms with van der Waals surface area (Å²) in [5, 5.41) is 2.61. The average molecular weight is 533 g/mol. The number of rotatable bonds is 12. The van der Waals surface area contributed by atoms with Crippen molar-refractivity contribution in [3.8, 4) is 0 Å². The van der Waals surface area contributed by atoms with Gasteiger partial charge in [0.25, 0.3) is 0 Å². The van der Waals surface area contributed by atoms with Crippen molar-refractivity contribution in [3.63, 3.8) is 0 Å². The van der Waals surface area contributed by atoms with Crippen LogP contribution in [0, 0.1) is 0 Å². The lowest BCUT2D eigenvalue weighted by Crippen LogP contribution is -2.05. The molecule has 40 heavy (non-hydrogen) atoms. The van der Waals surface area contributed by atoms with Crippen molar-refractivity contribution in [1.29, 1.82) is 0 Å². The molecule has 0 aliphatic carbocycles. The highest BCUT2D eigenvalue weighted by molar-refractivity contribution is 5.89. The fourth-order valence-corrected chi connectivity index (χ4v) is 4.57. The topological polar surface area (TPSA) is 52.6 Å². The van der Waals surface area contributed by atoms with Crippen LogP contribution >= 0.6 is 0 Å². The van der Waals surface area contributed by atoms with E-state index in [1.807, 2.05) is 24.3 Å². The zero-order valence-electron chi connectivity index (χ0n) is 23.4. The van der Waals surface area contributed by atoms with Crippen LogP contribution in [0.5, 0.6) is 0 Å². The third-order valence-electron chi connectivity index (χ3n) is 6.95. The maximum atomic E-state index is 11.6. The van der Waals surface area contributed by atoms with Gasteiger partial charge in [-0.3, -0.25) is 0 Å². The molecule has 0 N–H and O–H groups in total. The summed E-state index contributed by atoms with van der Waals surface area (Å²) in [7, 11) is 0. The van der Waals surface area contributed by atoms with E-state index in [1.165, 1.54) is 33.0 Å². The fourth-order valence-electron chi connectivity index (χ4n) is 4.57. The predicted octanol–water partition coefficient (Wildman–Crippen LogP) is 7.65. The molecule has 0 saturated heterocycles. The Hall–Kier alpha value is -4.44. The van der Waals surface area contributed by atoms with Gasteiger partial charge in [0.2, 0.25) is 0 Å². The lowest BCUT2D eigenvalue weighted by atomic mass is 9.93. The normalized spacial score (nSPS) is 10.8. The van der Waals surface area contributed by atoms with Crippen LogP contribution < -0.4 is 0 Å². The van der Waals surface area contributed by atoms with Gasteiger partial charge >= 0.3 is 11.9 Å². The second-order valence-corrected chi connectivity index (χ2v) is 10.3. The Kier molecular flexibility index (Phi) is 9.69. The van der Waals surface area contributed by atoms with Gasteiger partial charge in [-0.15, -0.1) is 0 Å². The minimum atomic E-state index is -0.365. The summed E-state index contributed by atoms with van der Waals surface area (Å²) in [6.45, 7) is 11.0. The first-order chi connectivity index (χ1) is 19.3. The molecule has 0 unspecified atom stereocenters. The largest absolute Gasteiger partial charge is 0.457 e. The van der Waals surface area contributed by atoms with Crippen LogP contribution in [0.15, 0.2) is 109 Å². The maximum Gasteiger partial charge on any atom is 0.333 e. The summed E-state index contributed by atoms with van der Waals surface area (Å²) >= 11 is 0. The van der Waals surface area contributed by atoms with Gasteiger partial charge in [-0.25, -0.2) is 9.59 Å². The van der Waals surface area contributed by atoms with Crippen LogP contribution in [0.25, 0.3) is 10.8 Å². The van der Waals surface area contributed by atoms with E-state index in [4.69, 9.17) is 9.47 Å². The van der Waals surface area contributed by atoms with Gasteiger partial charge in [0.1, 0.15) is 13.2 Å². The zero-order chi connectivity index (χ0) is 28.5. The molecule has 4 aromatic rings. The number of fused-ring (bicyclic) bond motifs is 1. The second-order valence-electron chi connectivity index (χ2n) is 10.3. The Labute approximate surface area is 237 Å². The monoisotopic (exact) mass is 532 g/mol. The molecule has 0 saturated carbocycles. The van der Waals surface area contributed by atoms with E-state index >= 15 is 0 Å². The number of carbonyl (C=O) groups is 2. The Balaban J connectivity index is 1.36. The van der Waals surface area contributed by atoms with E-state index < -0.39 is 0 Å². The van der Waals surface area contributed by atoms with E-state index in [2.05, 4.69) is 73.8 Å². The third-order valence-corrected chi connectivity index (χ3v) is 6.95. The molecule has 0 bridgehead atoms. The first-order valence-corrected chi connectivity index (χ1v) is 13.6. The first kappa shape index (κ1) is 28.6. The second kappa shape index (κ2) is 13.6. The van der Waals surface area contributed by atoms with Crippen molar-refractivity contribution >= 4 is 22.7 Å². The highest BCUT2D eigenvalue weighted by atomic mass is 16.5. The molecule has 4 nitrogen and oxygen atoms in total. The Morgan fingerprint density at radius 1 is 0.525 bits per heavy atom. The number of esters is 2. The van der Waals surface area contributed by atoms with Gasteiger partial charge in [-0.05, 0) is 83.7 Å². The molecule has 204 valence electrons. The molecule has 4 heteroatoms. The Morgan fingerprint density at radius 2 is 0.875 bits per heavy atom. The van der Waals surface area contributed by atoms with Gasteiger partial charge in [-0.1, -0.05) is 98.1 Å². The number of benzene rings is 4. The van der Waals surface area contributed by atoms with Crippen molar-refractivity contribution < 1.29 is 19.1 Å². The standard InChI is InChI=1S/C36H36O4/c1-25(2)35(37)39-23-29-13-9-27(10-14-29)17-19-31-21-22-32(34-8-6-5-7-33(31)34)20-18-28-11-15-30(16-12-28)24-40-36(38)26(3)4/h5-16,21-22H,1,3,17-20,23-24H2,2,4H3.